The van der Waals surface area contributed by atoms with Crippen molar-refractivity contribution in [3.63, 3.8) is 0 Å². The molecule has 1 N–H and O–H groups in total. The molecule has 2 aliphatic rings. The Morgan fingerprint density at radius 1 is 1.22 bits per heavy atom. The number of hydrogen-bond acceptors (Lipinski definition) is 7. The summed E-state index contributed by atoms with van der Waals surface area (Å²) in [5.74, 6) is 0.189. The van der Waals surface area contributed by atoms with Gasteiger partial charge in [-0.05, 0) is 36.6 Å². The number of nitrogens with zero attached hydrogens (tertiary/aromatic N) is 6. The lowest BCUT2D eigenvalue weighted by molar-refractivity contribution is -0.0705. The summed E-state index contributed by atoms with van der Waals surface area (Å²) in [5, 5.41) is 8.03. The van der Waals surface area contributed by atoms with Crippen molar-refractivity contribution in [2.24, 2.45) is 0 Å². The summed E-state index contributed by atoms with van der Waals surface area (Å²) in [7, 11) is 1.52. The molecule has 4 aromatic rings. The number of rotatable bonds is 7. The largest absolute Gasteiger partial charge is 0.479 e. The molecule has 9 nitrogen and oxygen atoms in total. The van der Waals surface area contributed by atoms with E-state index in [-0.39, 0.29) is 11.6 Å². The van der Waals surface area contributed by atoms with Gasteiger partial charge < -0.3 is 19.4 Å². The monoisotopic (exact) mass is 501 g/mol. The van der Waals surface area contributed by atoms with Gasteiger partial charge in [-0.2, -0.15) is 4.98 Å². The normalized spacial score (nSPS) is 17.8. The first-order chi connectivity index (χ1) is 17.5. The summed E-state index contributed by atoms with van der Waals surface area (Å²) in [6.07, 6.45) is 2.35. The Balaban J connectivity index is 1.29. The van der Waals surface area contributed by atoms with E-state index in [9.17, 15) is 13.2 Å². The minimum absolute atomic E-state index is 0.0495. The molecule has 0 unspecified atom stereocenters. The summed E-state index contributed by atoms with van der Waals surface area (Å²) in [6, 6.07) is 5.55. The highest BCUT2D eigenvalue weighted by molar-refractivity contribution is 5.90. The van der Waals surface area contributed by atoms with Gasteiger partial charge in [-0.15, -0.1) is 5.10 Å². The van der Waals surface area contributed by atoms with Gasteiger partial charge in [-0.25, -0.2) is 22.7 Å². The molecule has 36 heavy (non-hydrogen) atoms. The number of imidazole rings is 1. The SMILES string of the molecule is COc1nc(NC2CCN(C3COC3)CC2)nn2ccc(-c3cc(F)c4ncn(CC(F)F)c4c3)c12. The van der Waals surface area contributed by atoms with Gasteiger partial charge in [0.1, 0.15) is 11.0 Å². The van der Waals surface area contributed by atoms with Gasteiger partial charge in [0.15, 0.2) is 5.82 Å². The molecule has 2 saturated heterocycles. The van der Waals surface area contributed by atoms with Crippen LogP contribution in [-0.2, 0) is 11.3 Å². The fourth-order valence-corrected chi connectivity index (χ4v) is 5.02. The van der Waals surface area contributed by atoms with Crippen molar-refractivity contribution in [3.8, 4) is 17.0 Å². The zero-order valence-electron chi connectivity index (χ0n) is 19.7. The smallest absolute Gasteiger partial charge is 0.256 e. The first-order valence-electron chi connectivity index (χ1n) is 11.9. The van der Waals surface area contributed by atoms with Crippen molar-refractivity contribution in [2.45, 2.75) is 37.9 Å². The maximum atomic E-state index is 14.8. The summed E-state index contributed by atoms with van der Waals surface area (Å²) in [4.78, 5) is 11.0. The average molecular weight is 502 g/mol. The number of likely N-dealkylation sites (tertiary alicyclic amines) is 1. The van der Waals surface area contributed by atoms with E-state index in [1.807, 2.05) is 0 Å². The van der Waals surface area contributed by atoms with Crippen LogP contribution in [0.15, 0.2) is 30.7 Å². The lowest BCUT2D eigenvalue weighted by atomic mass is 10.0. The molecule has 5 heterocycles. The number of anilines is 1. The Bertz CT molecular complexity index is 1390. The fraction of sp³-hybridized carbons (Fsp3) is 0.458. The molecule has 12 heteroatoms. The molecule has 3 aromatic heterocycles. The quantitative estimate of drug-likeness (QED) is 0.416. The highest BCUT2D eigenvalue weighted by Crippen LogP contribution is 2.34. The molecule has 0 atom stereocenters. The van der Waals surface area contributed by atoms with Gasteiger partial charge in [-0.3, -0.25) is 4.90 Å². The molecule has 1 aromatic carbocycles. The zero-order chi connectivity index (χ0) is 24.8. The molecular weight excluding hydrogens is 475 g/mol. The third kappa shape index (κ3) is 4.13. The third-order valence-corrected chi connectivity index (χ3v) is 7.00. The Labute approximate surface area is 204 Å². The summed E-state index contributed by atoms with van der Waals surface area (Å²) < 4.78 is 54.6. The number of piperidine rings is 1. The van der Waals surface area contributed by atoms with E-state index in [4.69, 9.17) is 9.47 Å². The molecule has 0 spiro atoms. The van der Waals surface area contributed by atoms with Crippen LogP contribution in [0.25, 0.3) is 27.7 Å². The summed E-state index contributed by atoms with van der Waals surface area (Å²) in [5.41, 5.74) is 2.02. The Kier molecular flexibility index (Phi) is 5.92. The van der Waals surface area contributed by atoms with Crippen molar-refractivity contribution in [3.05, 3.63) is 36.5 Å². The highest BCUT2D eigenvalue weighted by atomic mass is 19.3. The van der Waals surface area contributed by atoms with Crippen LogP contribution in [-0.4, -0.2) is 81.0 Å². The molecule has 0 aliphatic carbocycles. The Morgan fingerprint density at radius 2 is 2.03 bits per heavy atom. The van der Waals surface area contributed by atoms with E-state index in [1.54, 1.807) is 22.8 Å². The van der Waals surface area contributed by atoms with Gasteiger partial charge in [0.05, 0.1) is 44.8 Å². The molecule has 0 saturated carbocycles. The summed E-state index contributed by atoms with van der Waals surface area (Å²) in [6.45, 7) is 3.06. The van der Waals surface area contributed by atoms with Crippen molar-refractivity contribution < 1.29 is 22.6 Å². The van der Waals surface area contributed by atoms with Gasteiger partial charge >= 0.3 is 0 Å². The number of aromatic nitrogens is 5. The van der Waals surface area contributed by atoms with E-state index < -0.39 is 18.8 Å². The number of benzene rings is 1. The molecule has 190 valence electrons. The van der Waals surface area contributed by atoms with Crippen molar-refractivity contribution in [1.29, 1.82) is 0 Å². The van der Waals surface area contributed by atoms with Gasteiger partial charge in [0, 0.05) is 30.9 Å². The van der Waals surface area contributed by atoms with E-state index in [1.165, 1.54) is 24.1 Å². The van der Waals surface area contributed by atoms with E-state index in [0.29, 0.717) is 40.0 Å². The third-order valence-electron chi connectivity index (χ3n) is 7.00. The Morgan fingerprint density at radius 3 is 2.72 bits per heavy atom. The number of ether oxygens (including phenoxy) is 2. The van der Waals surface area contributed by atoms with Crippen molar-refractivity contribution in [2.75, 3.05) is 38.7 Å². The van der Waals surface area contributed by atoms with Crippen LogP contribution in [0.2, 0.25) is 0 Å². The molecular formula is C24H26F3N7O2. The maximum absolute atomic E-state index is 14.8. The predicted octanol–water partition coefficient (Wildman–Crippen LogP) is 3.43. The lowest BCUT2D eigenvalue weighted by Gasteiger charge is -2.41. The van der Waals surface area contributed by atoms with Crippen LogP contribution in [0, 0.1) is 5.82 Å². The first-order valence-corrected chi connectivity index (χ1v) is 11.9. The van der Waals surface area contributed by atoms with Crippen LogP contribution in [0.5, 0.6) is 5.88 Å². The standard InChI is InChI=1S/C24H26F3N7O2/c1-35-23-22-17(14-8-18(25)21-19(9-14)33(13-28-21)10-20(26)27)4-7-34(22)31-24(30-23)29-15-2-5-32(6-3-15)16-11-36-12-16/h4,7-9,13,15-16,20H,2-3,5-6,10-12H2,1H3,(H,29,31). The van der Waals surface area contributed by atoms with E-state index >= 15 is 0 Å². The molecule has 2 fully saturated rings. The number of nitrogens with one attached hydrogen (secondary N) is 1. The number of hydrogen-bond donors (Lipinski definition) is 1. The minimum atomic E-state index is -2.58. The zero-order valence-corrected chi connectivity index (χ0v) is 19.7. The predicted molar refractivity (Wildman–Crippen MR) is 127 cm³/mol. The molecule has 0 amide bonds. The van der Waals surface area contributed by atoms with Crippen molar-refractivity contribution in [1.82, 2.24) is 29.0 Å². The molecule has 0 radical (unpaired) electrons. The second kappa shape index (κ2) is 9.25. The van der Waals surface area contributed by atoms with E-state index in [2.05, 4.69) is 25.3 Å². The van der Waals surface area contributed by atoms with Crippen LogP contribution >= 0.6 is 0 Å². The summed E-state index contributed by atoms with van der Waals surface area (Å²) >= 11 is 0. The number of halogens is 3. The maximum Gasteiger partial charge on any atom is 0.256 e. The van der Waals surface area contributed by atoms with Crippen molar-refractivity contribution >= 4 is 22.5 Å². The highest BCUT2D eigenvalue weighted by Gasteiger charge is 2.30. The number of fused-ring (bicyclic) bond motifs is 2. The van der Waals surface area contributed by atoms with Crippen LogP contribution in [0.4, 0.5) is 19.1 Å². The Hall–Kier alpha value is -3.38. The van der Waals surface area contributed by atoms with Gasteiger partial charge in [-0.1, -0.05) is 0 Å². The number of methoxy groups -OCH3 is 1. The van der Waals surface area contributed by atoms with Crippen LogP contribution in [0.3, 0.4) is 0 Å². The average Bonchev–Trinajstić information content (AvgIpc) is 3.43. The van der Waals surface area contributed by atoms with Gasteiger partial charge in [0.25, 0.3) is 6.43 Å². The second-order valence-corrected chi connectivity index (χ2v) is 9.23. The topological polar surface area (TPSA) is 81.7 Å². The molecule has 6 rings (SSSR count). The van der Waals surface area contributed by atoms with Crippen LogP contribution < -0.4 is 10.1 Å². The lowest BCUT2D eigenvalue weighted by Crippen LogP contribution is -2.53. The second-order valence-electron chi connectivity index (χ2n) is 9.23. The molecule has 2 aliphatic heterocycles. The first kappa shape index (κ1) is 23.0. The van der Waals surface area contributed by atoms with E-state index in [0.717, 1.165) is 39.1 Å². The van der Waals surface area contributed by atoms with Gasteiger partial charge in [0.2, 0.25) is 11.8 Å². The minimum Gasteiger partial charge on any atom is -0.479 e. The van der Waals surface area contributed by atoms with Crippen LogP contribution in [0.1, 0.15) is 12.8 Å². The number of alkyl halides is 2. The fourth-order valence-electron chi connectivity index (χ4n) is 5.02. The molecule has 0 bridgehead atoms.